The molecule has 2 amide bonds. The number of carbonyl (C=O) groups is 2. The number of hydrogen-bond donors (Lipinski definition) is 1. The van der Waals surface area contributed by atoms with Gasteiger partial charge in [-0.3, -0.25) is 14.5 Å². The molecule has 5 aliphatic rings. The van der Waals surface area contributed by atoms with Gasteiger partial charge < -0.3 is 19.3 Å². The number of fused-ring (bicyclic) bond motifs is 4. The third kappa shape index (κ3) is 7.01. The Labute approximate surface area is 305 Å². The molecule has 1 aliphatic carbocycles. The second-order valence-electron chi connectivity index (χ2n) is 15.1. The number of benzene rings is 2. The van der Waals surface area contributed by atoms with Crippen LogP contribution >= 0.6 is 11.6 Å². The molecule has 51 heavy (non-hydrogen) atoms. The van der Waals surface area contributed by atoms with Crippen LogP contribution in [0.15, 0.2) is 48.3 Å². The Morgan fingerprint density at radius 3 is 2.71 bits per heavy atom. The number of aryl methyl sites for hydroxylation is 1. The largest absolute Gasteiger partial charge is 0.490 e. The molecule has 276 valence electrons. The average molecular weight is 743 g/mol. The monoisotopic (exact) mass is 742 g/mol. The quantitative estimate of drug-likeness (QED) is 0.446. The lowest BCUT2D eigenvalue weighted by Crippen LogP contribution is -2.54. The molecule has 0 unspecified atom stereocenters. The molecular weight excluding hydrogens is 695 g/mol. The molecule has 2 fully saturated rings. The Hall–Kier alpha value is -3.19. The zero-order valence-electron chi connectivity index (χ0n) is 29.6. The van der Waals surface area contributed by atoms with E-state index in [0.29, 0.717) is 62.2 Å². The van der Waals surface area contributed by atoms with Gasteiger partial charge in [0.1, 0.15) is 17.6 Å². The minimum atomic E-state index is -4.13. The van der Waals surface area contributed by atoms with Crippen molar-refractivity contribution in [2.75, 3.05) is 51.3 Å². The number of halogens is 2. The summed E-state index contributed by atoms with van der Waals surface area (Å²) in [6, 6.07) is 9.78. The van der Waals surface area contributed by atoms with Gasteiger partial charge in [-0.05, 0) is 106 Å². The van der Waals surface area contributed by atoms with Crippen molar-refractivity contribution in [1.82, 2.24) is 14.5 Å². The Balaban J connectivity index is 1.33. The van der Waals surface area contributed by atoms with Crippen LogP contribution in [0.1, 0.15) is 73.9 Å². The van der Waals surface area contributed by atoms with Crippen LogP contribution in [0.3, 0.4) is 0 Å². The molecule has 13 heteroatoms. The van der Waals surface area contributed by atoms with E-state index in [1.807, 2.05) is 17.0 Å². The minimum absolute atomic E-state index is 0.0827. The summed E-state index contributed by atoms with van der Waals surface area (Å²) in [6.07, 6.45) is 6.33. The SMILES string of the molecule is CO[C@@H]1CCN(C(=O)[C@H]2/C(F)=C/C[C@H](C)[C@@H](C)S(=O)(=O)NC(=O)c3ccc4c(c3)N(C[C@@H]3CCCN32)C[C@@]2(CCCc3cc(Cl)ccc32)CO4)C1. The van der Waals surface area contributed by atoms with Crippen LogP contribution < -0.4 is 14.4 Å². The number of ether oxygens (including phenoxy) is 2. The van der Waals surface area contributed by atoms with Gasteiger partial charge in [-0.15, -0.1) is 0 Å². The Morgan fingerprint density at radius 1 is 1.10 bits per heavy atom. The fourth-order valence-electron chi connectivity index (χ4n) is 8.80. The van der Waals surface area contributed by atoms with Crippen molar-refractivity contribution in [2.45, 2.75) is 87.6 Å². The zero-order valence-corrected chi connectivity index (χ0v) is 31.1. The van der Waals surface area contributed by atoms with Crippen LogP contribution in [0.25, 0.3) is 0 Å². The number of amides is 2. The molecule has 6 atom stereocenters. The van der Waals surface area contributed by atoms with E-state index in [1.165, 1.54) is 24.1 Å². The van der Waals surface area contributed by atoms with E-state index in [-0.39, 0.29) is 30.0 Å². The minimum Gasteiger partial charge on any atom is -0.490 e. The van der Waals surface area contributed by atoms with Gasteiger partial charge >= 0.3 is 0 Å². The number of nitrogens with zero attached hydrogens (tertiary/aromatic N) is 3. The van der Waals surface area contributed by atoms with E-state index in [1.54, 1.807) is 37.1 Å². The molecule has 0 radical (unpaired) electrons. The van der Waals surface area contributed by atoms with Crippen LogP contribution in [-0.4, -0.2) is 99.9 Å². The second kappa shape index (κ2) is 14.3. The molecular formula is C38H48ClFN4O6S. The van der Waals surface area contributed by atoms with Crippen molar-refractivity contribution in [3.63, 3.8) is 0 Å². The number of allylic oxidation sites excluding steroid dienone is 1. The van der Waals surface area contributed by atoms with Crippen LogP contribution in [0.2, 0.25) is 5.02 Å². The molecule has 0 aromatic heterocycles. The maximum Gasteiger partial charge on any atom is 0.264 e. The number of carbonyl (C=O) groups excluding carboxylic acids is 2. The van der Waals surface area contributed by atoms with Crippen LogP contribution in [0, 0.1) is 5.92 Å². The number of nitrogens with one attached hydrogen (secondary N) is 1. The summed E-state index contributed by atoms with van der Waals surface area (Å²) in [7, 11) is -2.50. The van der Waals surface area contributed by atoms with E-state index in [2.05, 4.69) is 15.7 Å². The molecule has 2 aromatic carbocycles. The number of sulfonamides is 1. The Morgan fingerprint density at radius 2 is 1.92 bits per heavy atom. The maximum absolute atomic E-state index is 16.7. The fraction of sp³-hybridized carbons (Fsp3) is 0.579. The molecule has 4 heterocycles. The summed E-state index contributed by atoms with van der Waals surface area (Å²) >= 11 is 6.45. The highest BCUT2D eigenvalue weighted by Gasteiger charge is 2.46. The highest BCUT2D eigenvalue weighted by molar-refractivity contribution is 7.90. The van der Waals surface area contributed by atoms with Crippen LogP contribution in [-0.2, 0) is 31.4 Å². The maximum atomic E-state index is 16.7. The van der Waals surface area contributed by atoms with Crippen molar-refractivity contribution >= 4 is 39.1 Å². The summed E-state index contributed by atoms with van der Waals surface area (Å²) in [5, 5.41) is -0.321. The topological polar surface area (TPSA) is 108 Å². The summed E-state index contributed by atoms with van der Waals surface area (Å²) in [5.41, 5.74) is 2.83. The lowest BCUT2D eigenvalue weighted by atomic mass is 9.70. The van der Waals surface area contributed by atoms with Gasteiger partial charge in [-0.2, -0.15) is 0 Å². The Bertz CT molecular complexity index is 1820. The van der Waals surface area contributed by atoms with E-state index in [4.69, 9.17) is 21.1 Å². The third-order valence-corrected chi connectivity index (χ3v) is 14.1. The third-order valence-electron chi connectivity index (χ3n) is 12.0. The first-order chi connectivity index (χ1) is 24.4. The molecule has 1 N–H and O–H groups in total. The van der Waals surface area contributed by atoms with E-state index < -0.39 is 44.4 Å². The first kappa shape index (κ1) is 36.2. The standard InChI is InChI=1S/C38H48ClFN4O6S/c1-24-8-12-32(40)35(37(46)42-17-14-30(21-42)49-3)44-16-5-7-29(44)20-43-22-38(15-4-6-26-18-28(39)10-11-31(26)38)23-50-34-13-9-27(19-33(34)43)36(45)41-51(47,48)25(24)2/h9-13,18-19,24-25,29-30,35H,4-8,14-17,20-23H2,1-3H3,(H,41,45)/b32-12-/t24-,25+,29-,30+,35+,38-/m0/s1. The smallest absolute Gasteiger partial charge is 0.264 e. The summed E-state index contributed by atoms with van der Waals surface area (Å²) in [6.45, 7) is 6.06. The van der Waals surface area contributed by atoms with Crippen molar-refractivity contribution < 1.29 is 31.9 Å². The van der Waals surface area contributed by atoms with Crippen LogP contribution in [0.5, 0.6) is 5.75 Å². The van der Waals surface area contributed by atoms with Crippen molar-refractivity contribution in [3.05, 3.63) is 70.0 Å². The summed E-state index contributed by atoms with van der Waals surface area (Å²) in [4.78, 5) is 33.8. The molecule has 2 bridgehead atoms. The van der Waals surface area contributed by atoms with Crippen molar-refractivity contribution in [2.24, 2.45) is 5.92 Å². The van der Waals surface area contributed by atoms with E-state index >= 15 is 4.39 Å². The van der Waals surface area contributed by atoms with Crippen LogP contribution in [0.4, 0.5) is 10.1 Å². The molecule has 4 aliphatic heterocycles. The predicted octanol–water partition coefficient (Wildman–Crippen LogP) is 5.23. The summed E-state index contributed by atoms with van der Waals surface area (Å²) in [5.74, 6) is -1.55. The lowest BCUT2D eigenvalue weighted by Gasteiger charge is -2.42. The molecule has 1 spiro atoms. The highest BCUT2D eigenvalue weighted by atomic mass is 35.5. The lowest BCUT2D eigenvalue weighted by molar-refractivity contribution is -0.136. The number of likely N-dealkylation sites (tertiary alicyclic amines) is 1. The van der Waals surface area contributed by atoms with E-state index in [9.17, 15) is 18.0 Å². The molecule has 10 nitrogen and oxygen atoms in total. The van der Waals surface area contributed by atoms with Gasteiger partial charge in [-0.25, -0.2) is 17.5 Å². The van der Waals surface area contributed by atoms with Gasteiger partial charge in [0.25, 0.3) is 5.91 Å². The average Bonchev–Trinajstić information content (AvgIpc) is 3.75. The first-order valence-corrected chi connectivity index (χ1v) is 20.1. The van der Waals surface area contributed by atoms with Gasteiger partial charge in [0.15, 0.2) is 0 Å². The second-order valence-corrected chi connectivity index (χ2v) is 17.6. The van der Waals surface area contributed by atoms with Gasteiger partial charge in [-0.1, -0.05) is 30.7 Å². The number of anilines is 1. The molecule has 2 saturated heterocycles. The predicted molar refractivity (Wildman–Crippen MR) is 195 cm³/mol. The van der Waals surface area contributed by atoms with E-state index in [0.717, 1.165) is 32.1 Å². The highest BCUT2D eigenvalue weighted by Crippen LogP contribution is 2.45. The van der Waals surface area contributed by atoms with Gasteiger partial charge in [0, 0.05) is 55.3 Å². The zero-order chi connectivity index (χ0) is 36.1. The fourth-order valence-corrected chi connectivity index (χ4v) is 10.3. The molecule has 0 saturated carbocycles. The molecule has 7 rings (SSSR count). The van der Waals surface area contributed by atoms with Gasteiger partial charge in [0.05, 0.1) is 23.6 Å². The normalized spacial score (nSPS) is 32.3. The number of hydrogen-bond acceptors (Lipinski definition) is 8. The Kier molecular flexibility index (Phi) is 10.2. The number of methoxy groups -OCH3 is 1. The number of rotatable bonds is 2. The van der Waals surface area contributed by atoms with Crippen molar-refractivity contribution in [3.8, 4) is 5.75 Å². The van der Waals surface area contributed by atoms with Crippen molar-refractivity contribution in [1.29, 1.82) is 0 Å². The molecule has 2 aromatic rings. The summed E-state index contributed by atoms with van der Waals surface area (Å²) < 4.78 is 58.1. The van der Waals surface area contributed by atoms with Gasteiger partial charge in [0.2, 0.25) is 15.9 Å². The first-order valence-electron chi connectivity index (χ1n) is 18.2.